The number of furan rings is 1. The molecule has 0 atom stereocenters. The first-order valence-electron chi connectivity index (χ1n) is 8.20. The average molecular weight is 364 g/mol. The van der Waals surface area contributed by atoms with E-state index in [-0.39, 0.29) is 10.8 Å². The normalized spacial score (nSPS) is 11.7. The highest BCUT2D eigenvalue weighted by atomic mass is 32.2. The van der Waals surface area contributed by atoms with Crippen molar-refractivity contribution in [2.24, 2.45) is 0 Å². The molecule has 2 aromatic rings. The van der Waals surface area contributed by atoms with E-state index in [2.05, 4.69) is 0 Å². The molecule has 0 saturated heterocycles. The summed E-state index contributed by atoms with van der Waals surface area (Å²) in [5.74, 6) is 1.30. The maximum absolute atomic E-state index is 12.5. The van der Waals surface area contributed by atoms with E-state index in [9.17, 15) is 13.2 Å². The van der Waals surface area contributed by atoms with Gasteiger partial charge in [-0.15, -0.1) is 0 Å². The molecule has 1 heterocycles. The van der Waals surface area contributed by atoms with E-state index < -0.39 is 10.0 Å². The summed E-state index contributed by atoms with van der Waals surface area (Å²) in [5, 5.41) is 0. The lowest BCUT2D eigenvalue weighted by molar-refractivity contribution is 0.0775. The largest absolute Gasteiger partial charge is 0.464 e. The summed E-state index contributed by atoms with van der Waals surface area (Å²) in [5.41, 5.74) is 0.435. The van der Waals surface area contributed by atoms with E-state index in [0.29, 0.717) is 31.0 Å². The predicted molar refractivity (Wildman–Crippen MR) is 95.8 cm³/mol. The molecule has 1 amide bonds. The molecular weight excluding hydrogens is 340 g/mol. The molecule has 25 heavy (non-hydrogen) atoms. The van der Waals surface area contributed by atoms with Crippen LogP contribution in [0.2, 0.25) is 0 Å². The molecule has 0 radical (unpaired) electrons. The monoisotopic (exact) mass is 364 g/mol. The number of sulfonamides is 1. The zero-order chi connectivity index (χ0) is 18.6. The summed E-state index contributed by atoms with van der Waals surface area (Å²) in [6.07, 6.45) is 0. The van der Waals surface area contributed by atoms with Crippen LogP contribution in [0.5, 0.6) is 0 Å². The van der Waals surface area contributed by atoms with E-state index in [1.54, 1.807) is 33.0 Å². The third-order valence-electron chi connectivity index (χ3n) is 3.98. The highest BCUT2D eigenvalue weighted by Gasteiger charge is 2.22. The Bertz CT molecular complexity index is 821. The zero-order valence-corrected chi connectivity index (χ0v) is 15.8. The number of carbonyl (C=O) groups excluding carboxylic acids is 1. The third kappa shape index (κ3) is 4.29. The summed E-state index contributed by atoms with van der Waals surface area (Å²) in [4.78, 5) is 14.2. The Morgan fingerprint density at radius 2 is 1.64 bits per heavy atom. The molecule has 0 fully saturated rings. The first kappa shape index (κ1) is 19.2. The maximum Gasteiger partial charge on any atom is 0.254 e. The van der Waals surface area contributed by atoms with Gasteiger partial charge in [-0.05, 0) is 43.3 Å². The van der Waals surface area contributed by atoms with Crippen LogP contribution < -0.4 is 0 Å². The van der Waals surface area contributed by atoms with Gasteiger partial charge in [0.15, 0.2) is 0 Å². The second-order valence-corrected chi connectivity index (χ2v) is 7.73. The molecule has 0 spiro atoms. The smallest absolute Gasteiger partial charge is 0.254 e. The number of benzene rings is 1. The minimum atomic E-state index is -3.52. The van der Waals surface area contributed by atoms with Gasteiger partial charge in [0.25, 0.3) is 5.91 Å². The van der Waals surface area contributed by atoms with Crippen molar-refractivity contribution in [3.63, 3.8) is 0 Å². The predicted octanol–water partition coefficient (Wildman–Crippen LogP) is 2.89. The first-order valence-corrected chi connectivity index (χ1v) is 9.64. The van der Waals surface area contributed by atoms with Gasteiger partial charge in [0, 0.05) is 25.7 Å². The molecule has 0 aliphatic rings. The molecule has 7 heteroatoms. The van der Waals surface area contributed by atoms with Gasteiger partial charge in [0.05, 0.1) is 11.4 Å². The number of aryl methyl sites for hydroxylation is 1. The molecule has 2 rings (SSSR count). The Hall–Kier alpha value is -2.12. The molecule has 136 valence electrons. The Balaban J connectivity index is 2.14. The summed E-state index contributed by atoms with van der Waals surface area (Å²) in [6, 6.07) is 9.72. The van der Waals surface area contributed by atoms with Crippen LogP contribution in [0.4, 0.5) is 0 Å². The third-order valence-corrected chi connectivity index (χ3v) is 6.04. The Morgan fingerprint density at radius 1 is 1.04 bits per heavy atom. The fraction of sp³-hybridized carbons (Fsp3) is 0.389. The summed E-state index contributed by atoms with van der Waals surface area (Å²) < 4.78 is 31.8. The van der Waals surface area contributed by atoms with Crippen molar-refractivity contribution in [1.29, 1.82) is 0 Å². The van der Waals surface area contributed by atoms with E-state index in [1.165, 1.54) is 21.3 Å². The van der Waals surface area contributed by atoms with Crippen molar-refractivity contribution in [1.82, 2.24) is 9.21 Å². The van der Waals surface area contributed by atoms with Gasteiger partial charge in [-0.2, -0.15) is 4.31 Å². The van der Waals surface area contributed by atoms with Gasteiger partial charge in [-0.1, -0.05) is 13.8 Å². The van der Waals surface area contributed by atoms with Gasteiger partial charge in [0.1, 0.15) is 11.5 Å². The second-order valence-electron chi connectivity index (χ2n) is 5.79. The van der Waals surface area contributed by atoms with Crippen LogP contribution in [0.15, 0.2) is 45.7 Å². The number of hydrogen-bond acceptors (Lipinski definition) is 4. The van der Waals surface area contributed by atoms with E-state index >= 15 is 0 Å². The van der Waals surface area contributed by atoms with Crippen LogP contribution >= 0.6 is 0 Å². The fourth-order valence-electron chi connectivity index (χ4n) is 2.58. The Morgan fingerprint density at radius 3 is 2.12 bits per heavy atom. The minimum absolute atomic E-state index is 0.192. The summed E-state index contributed by atoms with van der Waals surface area (Å²) in [6.45, 7) is 6.61. The molecule has 0 unspecified atom stereocenters. The van der Waals surface area contributed by atoms with E-state index in [4.69, 9.17) is 4.42 Å². The molecular formula is C18H24N2O4S. The van der Waals surface area contributed by atoms with Crippen LogP contribution in [0.3, 0.4) is 0 Å². The summed E-state index contributed by atoms with van der Waals surface area (Å²) in [7, 11) is -1.83. The van der Waals surface area contributed by atoms with Crippen LogP contribution in [-0.4, -0.2) is 43.7 Å². The highest BCUT2D eigenvalue weighted by Crippen LogP contribution is 2.17. The second kappa shape index (κ2) is 7.84. The van der Waals surface area contributed by atoms with Crippen molar-refractivity contribution in [2.75, 3.05) is 20.1 Å². The Labute approximate surface area is 149 Å². The number of nitrogens with zero attached hydrogens (tertiary/aromatic N) is 2. The van der Waals surface area contributed by atoms with Crippen LogP contribution in [0.1, 0.15) is 35.7 Å². The molecule has 1 aromatic carbocycles. The minimum Gasteiger partial charge on any atom is -0.464 e. The molecule has 0 aliphatic carbocycles. The zero-order valence-electron chi connectivity index (χ0n) is 15.0. The van der Waals surface area contributed by atoms with E-state index in [0.717, 1.165) is 5.76 Å². The average Bonchev–Trinajstić information content (AvgIpc) is 3.00. The number of hydrogen-bond donors (Lipinski definition) is 0. The fourth-order valence-corrected chi connectivity index (χ4v) is 4.04. The lowest BCUT2D eigenvalue weighted by Gasteiger charge is -2.19. The number of carbonyl (C=O) groups is 1. The van der Waals surface area contributed by atoms with E-state index in [1.807, 2.05) is 19.1 Å². The molecule has 6 nitrogen and oxygen atoms in total. The van der Waals surface area contributed by atoms with Gasteiger partial charge in [-0.3, -0.25) is 4.79 Å². The van der Waals surface area contributed by atoms with Crippen LogP contribution in [0, 0.1) is 6.92 Å². The number of rotatable bonds is 7. The van der Waals surface area contributed by atoms with Crippen molar-refractivity contribution in [3.05, 3.63) is 53.5 Å². The summed E-state index contributed by atoms with van der Waals surface area (Å²) >= 11 is 0. The van der Waals surface area contributed by atoms with Crippen molar-refractivity contribution >= 4 is 15.9 Å². The molecule has 0 aliphatic heterocycles. The maximum atomic E-state index is 12.5. The highest BCUT2D eigenvalue weighted by molar-refractivity contribution is 7.89. The molecule has 0 bridgehead atoms. The molecule has 1 aromatic heterocycles. The topological polar surface area (TPSA) is 70.8 Å². The van der Waals surface area contributed by atoms with Gasteiger partial charge >= 0.3 is 0 Å². The standard InChI is InChI=1S/C18H24N2O4S/c1-5-20(6-2)25(22,23)17-11-8-15(9-12-17)18(21)19(4)13-16-10-7-14(3)24-16/h7-12H,5-6,13H2,1-4H3. The van der Waals surface area contributed by atoms with Gasteiger partial charge < -0.3 is 9.32 Å². The van der Waals surface area contributed by atoms with Crippen molar-refractivity contribution in [2.45, 2.75) is 32.2 Å². The van der Waals surface area contributed by atoms with Crippen LogP contribution in [-0.2, 0) is 16.6 Å². The number of amides is 1. The molecule has 0 saturated carbocycles. The van der Waals surface area contributed by atoms with Crippen molar-refractivity contribution in [3.8, 4) is 0 Å². The first-order chi connectivity index (χ1) is 11.8. The SMILES string of the molecule is CCN(CC)S(=O)(=O)c1ccc(C(=O)N(C)Cc2ccc(C)o2)cc1. The van der Waals surface area contributed by atoms with Gasteiger partial charge in [0.2, 0.25) is 10.0 Å². The van der Waals surface area contributed by atoms with Crippen molar-refractivity contribution < 1.29 is 17.6 Å². The van der Waals surface area contributed by atoms with Crippen LogP contribution in [0.25, 0.3) is 0 Å². The Kier molecular flexibility index (Phi) is 6.02. The molecule has 0 N–H and O–H groups in total. The lowest BCUT2D eigenvalue weighted by atomic mass is 10.2. The van der Waals surface area contributed by atoms with Gasteiger partial charge in [-0.25, -0.2) is 8.42 Å². The lowest BCUT2D eigenvalue weighted by Crippen LogP contribution is -2.30. The quantitative estimate of drug-likeness (QED) is 0.757.